The predicted molar refractivity (Wildman–Crippen MR) is 89.2 cm³/mol. The van der Waals surface area contributed by atoms with E-state index in [9.17, 15) is 14.7 Å². The molecule has 4 nitrogen and oxygen atoms in total. The first-order valence-electron chi connectivity index (χ1n) is 7.69. The highest BCUT2D eigenvalue weighted by atomic mass is 16.6. The van der Waals surface area contributed by atoms with E-state index in [1.54, 1.807) is 20.8 Å². The van der Waals surface area contributed by atoms with Gasteiger partial charge in [-0.3, -0.25) is 9.59 Å². The third-order valence-electron chi connectivity index (χ3n) is 3.52. The number of carbonyl (C=O) groups excluding carboxylic acids is 1. The average Bonchev–Trinajstić information content (AvgIpc) is 2.45. The van der Waals surface area contributed by atoms with Crippen molar-refractivity contribution in [3.05, 3.63) is 48.0 Å². The summed E-state index contributed by atoms with van der Waals surface area (Å²) in [5.74, 6) is -2.95. The minimum absolute atomic E-state index is 0.225. The van der Waals surface area contributed by atoms with Crippen molar-refractivity contribution in [2.75, 3.05) is 0 Å². The van der Waals surface area contributed by atoms with E-state index in [-0.39, 0.29) is 6.42 Å². The van der Waals surface area contributed by atoms with Crippen LogP contribution in [0.4, 0.5) is 0 Å². The van der Waals surface area contributed by atoms with Crippen LogP contribution in [0.3, 0.4) is 0 Å². The highest BCUT2D eigenvalue weighted by Crippen LogP contribution is 2.20. The maximum atomic E-state index is 12.0. The summed E-state index contributed by atoms with van der Waals surface area (Å²) >= 11 is 0. The largest absolute Gasteiger partial charge is 0.481 e. The fraction of sp³-hybridized carbons (Fsp3) is 0.368. The molecule has 0 saturated heterocycles. The Labute approximate surface area is 136 Å². The Morgan fingerprint density at radius 1 is 1.09 bits per heavy atom. The average molecular weight is 314 g/mol. The van der Waals surface area contributed by atoms with Crippen LogP contribution in [0.5, 0.6) is 0 Å². The fourth-order valence-electron chi connectivity index (χ4n) is 2.42. The second-order valence-corrected chi connectivity index (χ2v) is 6.64. The summed E-state index contributed by atoms with van der Waals surface area (Å²) in [5.41, 5.74) is 0.326. The van der Waals surface area contributed by atoms with Crippen LogP contribution in [-0.2, 0) is 20.7 Å². The number of carboxylic acids is 1. The molecule has 0 aliphatic carbocycles. The second-order valence-electron chi connectivity index (χ2n) is 6.64. The first-order chi connectivity index (χ1) is 10.8. The zero-order valence-electron chi connectivity index (χ0n) is 13.7. The molecule has 0 fully saturated rings. The molecule has 2 rings (SSSR count). The summed E-state index contributed by atoms with van der Waals surface area (Å²) in [4.78, 5) is 23.4. The molecule has 1 atom stereocenters. The number of esters is 1. The van der Waals surface area contributed by atoms with Gasteiger partial charge in [0.1, 0.15) is 5.60 Å². The van der Waals surface area contributed by atoms with Gasteiger partial charge < -0.3 is 9.84 Å². The van der Waals surface area contributed by atoms with Crippen LogP contribution in [0.1, 0.15) is 32.8 Å². The monoisotopic (exact) mass is 314 g/mol. The molecule has 0 unspecified atom stereocenters. The van der Waals surface area contributed by atoms with Gasteiger partial charge in [0, 0.05) is 0 Å². The molecule has 0 amide bonds. The summed E-state index contributed by atoms with van der Waals surface area (Å²) < 4.78 is 5.20. The third-order valence-corrected chi connectivity index (χ3v) is 3.52. The van der Waals surface area contributed by atoms with Crippen LogP contribution in [0.25, 0.3) is 10.8 Å². The molecular weight excluding hydrogens is 292 g/mol. The molecule has 2 aromatic carbocycles. The molecule has 0 spiro atoms. The van der Waals surface area contributed by atoms with Crippen LogP contribution >= 0.6 is 0 Å². The Balaban J connectivity index is 2.08. The van der Waals surface area contributed by atoms with Crippen LogP contribution in [0, 0.1) is 5.92 Å². The van der Waals surface area contributed by atoms with Crippen LogP contribution in [-0.4, -0.2) is 22.6 Å². The number of rotatable bonds is 5. The minimum Gasteiger partial charge on any atom is -0.481 e. The van der Waals surface area contributed by atoms with Gasteiger partial charge >= 0.3 is 11.9 Å². The molecule has 1 N–H and O–H groups in total. The highest BCUT2D eigenvalue weighted by Gasteiger charge is 2.30. The lowest BCUT2D eigenvalue weighted by Crippen LogP contribution is -2.33. The molecule has 0 heterocycles. The molecule has 0 bridgehead atoms. The van der Waals surface area contributed by atoms with Gasteiger partial charge in [-0.2, -0.15) is 0 Å². The number of benzene rings is 2. The van der Waals surface area contributed by atoms with E-state index >= 15 is 0 Å². The summed E-state index contributed by atoms with van der Waals surface area (Å²) in [6, 6.07) is 14.0. The number of hydrogen-bond donors (Lipinski definition) is 1. The Bertz CT molecular complexity index is 713. The molecule has 0 saturated carbocycles. The summed E-state index contributed by atoms with van der Waals surface area (Å²) in [7, 11) is 0. The zero-order chi connectivity index (χ0) is 17.0. The molecule has 23 heavy (non-hydrogen) atoms. The van der Waals surface area contributed by atoms with Crippen molar-refractivity contribution in [2.45, 2.75) is 39.2 Å². The van der Waals surface area contributed by atoms with Gasteiger partial charge in [-0.05, 0) is 49.9 Å². The van der Waals surface area contributed by atoms with Crippen LogP contribution in [0.2, 0.25) is 0 Å². The minimum atomic E-state index is -1.14. The van der Waals surface area contributed by atoms with E-state index in [4.69, 9.17) is 4.74 Å². The maximum Gasteiger partial charge on any atom is 0.320 e. The SMILES string of the molecule is CC(C)(C)OC(=O)[C@H](CCc1ccc2ccccc2c1)C(=O)O. The van der Waals surface area contributed by atoms with Crippen LogP contribution in [0.15, 0.2) is 42.5 Å². The first-order valence-corrected chi connectivity index (χ1v) is 7.69. The van der Waals surface area contributed by atoms with Crippen molar-refractivity contribution < 1.29 is 19.4 Å². The van der Waals surface area contributed by atoms with Crippen molar-refractivity contribution in [1.29, 1.82) is 0 Å². The lowest BCUT2D eigenvalue weighted by Gasteiger charge is -2.22. The Hall–Kier alpha value is -2.36. The number of hydrogen-bond acceptors (Lipinski definition) is 3. The van der Waals surface area contributed by atoms with Crippen molar-refractivity contribution >= 4 is 22.7 Å². The number of aliphatic carboxylic acids is 1. The van der Waals surface area contributed by atoms with Gasteiger partial charge in [-0.25, -0.2) is 0 Å². The van der Waals surface area contributed by atoms with E-state index in [0.29, 0.717) is 6.42 Å². The fourth-order valence-corrected chi connectivity index (χ4v) is 2.42. The van der Waals surface area contributed by atoms with Gasteiger partial charge in [0.05, 0.1) is 0 Å². The molecule has 0 aromatic heterocycles. The third kappa shape index (κ3) is 4.81. The van der Waals surface area contributed by atoms with Gasteiger partial charge in [0.2, 0.25) is 0 Å². The number of carbonyl (C=O) groups is 2. The first kappa shape index (κ1) is 17.0. The zero-order valence-corrected chi connectivity index (χ0v) is 13.7. The van der Waals surface area contributed by atoms with Gasteiger partial charge in [-0.1, -0.05) is 42.5 Å². The van der Waals surface area contributed by atoms with E-state index in [0.717, 1.165) is 16.3 Å². The van der Waals surface area contributed by atoms with Gasteiger partial charge in [-0.15, -0.1) is 0 Å². The molecule has 122 valence electrons. The lowest BCUT2D eigenvalue weighted by molar-refractivity contribution is -0.167. The van der Waals surface area contributed by atoms with Crippen molar-refractivity contribution in [2.24, 2.45) is 5.92 Å². The van der Waals surface area contributed by atoms with E-state index < -0.39 is 23.5 Å². The Morgan fingerprint density at radius 3 is 2.35 bits per heavy atom. The molecule has 0 radical (unpaired) electrons. The number of carboxylic acid groups (broad SMARTS) is 1. The van der Waals surface area contributed by atoms with Crippen molar-refractivity contribution in [3.8, 4) is 0 Å². The van der Waals surface area contributed by atoms with Crippen LogP contribution < -0.4 is 0 Å². The highest BCUT2D eigenvalue weighted by molar-refractivity contribution is 5.94. The van der Waals surface area contributed by atoms with Crippen molar-refractivity contribution in [3.63, 3.8) is 0 Å². The number of fused-ring (bicyclic) bond motifs is 1. The summed E-state index contributed by atoms with van der Waals surface area (Å²) in [6.45, 7) is 5.19. The van der Waals surface area contributed by atoms with Crippen molar-refractivity contribution in [1.82, 2.24) is 0 Å². The second kappa shape index (κ2) is 6.82. The summed E-state index contributed by atoms with van der Waals surface area (Å²) in [6.07, 6.45) is 0.740. The van der Waals surface area contributed by atoms with Gasteiger partial charge in [0.15, 0.2) is 5.92 Å². The van der Waals surface area contributed by atoms with E-state index in [1.807, 2.05) is 42.5 Å². The lowest BCUT2D eigenvalue weighted by atomic mass is 9.97. The summed E-state index contributed by atoms with van der Waals surface area (Å²) in [5, 5.41) is 11.5. The van der Waals surface area contributed by atoms with Gasteiger partial charge in [0.25, 0.3) is 0 Å². The molecule has 4 heteroatoms. The quantitative estimate of drug-likeness (QED) is 0.673. The normalized spacial score (nSPS) is 12.8. The maximum absolute atomic E-state index is 12.0. The Morgan fingerprint density at radius 2 is 1.74 bits per heavy atom. The predicted octanol–water partition coefficient (Wildman–Crippen LogP) is 3.81. The topological polar surface area (TPSA) is 63.6 Å². The number of aryl methyl sites for hydroxylation is 1. The molecular formula is C19H22O4. The molecule has 0 aliphatic rings. The van der Waals surface area contributed by atoms with E-state index in [2.05, 4.69) is 0 Å². The Kier molecular flexibility index (Phi) is 5.04. The molecule has 2 aromatic rings. The smallest absolute Gasteiger partial charge is 0.320 e. The van der Waals surface area contributed by atoms with E-state index in [1.165, 1.54) is 0 Å². The standard InChI is InChI=1S/C19H22O4/c1-19(2,3)23-18(22)16(17(20)21)11-9-13-8-10-14-6-4-5-7-15(14)12-13/h4-8,10,12,16H,9,11H2,1-3H3,(H,20,21)/t16-/m1/s1. The molecule has 0 aliphatic heterocycles. The number of ether oxygens (including phenoxy) is 1.